The van der Waals surface area contributed by atoms with Gasteiger partial charge in [0.15, 0.2) is 0 Å². The van der Waals surface area contributed by atoms with Crippen molar-refractivity contribution in [2.24, 2.45) is 5.92 Å². The summed E-state index contributed by atoms with van der Waals surface area (Å²) >= 11 is 0. The fourth-order valence-electron chi connectivity index (χ4n) is 2.72. The van der Waals surface area contributed by atoms with E-state index in [4.69, 9.17) is 0 Å². The van der Waals surface area contributed by atoms with Gasteiger partial charge >= 0.3 is 0 Å². The van der Waals surface area contributed by atoms with Crippen LogP contribution in [-0.4, -0.2) is 44.6 Å². The summed E-state index contributed by atoms with van der Waals surface area (Å²) in [6, 6.07) is 1.52. The van der Waals surface area contributed by atoms with Gasteiger partial charge in [-0.15, -0.1) is 0 Å². The Labute approximate surface area is 118 Å². The van der Waals surface area contributed by atoms with Crippen molar-refractivity contribution in [3.05, 3.63) is 18.5 Å². The van der Waals surface area contributed by atoms with Crippen LogP contribution < -0.4 is 5.32 Å². The second-order valence-corrected chi connectivity index (χ2v) is 6.11. The zero-order valence-corrected chi connectivity index (χ0v) is 11.9. The van der Waals surface area contributed by atoms with E-state index < -0.39 is 5.54 Å². The van der Waals surface area contributed by atoms with Gasteiger partial charge in [-0.3, -0.25) is 14.3 Å². The predicted octanol–water partition coefficient (Wildman–Crippen LogP) is 0.399. The molecule has 0 aromatic carbocycles. The van der Waals surface area contributed by atoms with E-state index in [-0.39, 0.29) is 17.9 Å². The van der Waals surface area contributed by atoms with Crippen molar-refractivity contribution < 1.29 is 9.59 Å². The highest BCUT2D eigenvalue weighted by Gasteiger charge is 2.50. The van der Waals surface area contributed by atoms with Gasteiger partial charge in [-0.05, 0) is 38.7 Å². The maximum absolute atomic E-state index is 12.6. The Morgan fingerprint density at radius 3 is 2.70 bits per heavy atom. The zero-order valence-electron chi connectivity index (χ0n) is 11.9. The van der Waals surface area contributed by atoms with Gasteiger partial charge < -0.3 is 10.2 Å². The Kier molecular flexibility index (Phi) is 3.03. The summed E-state index contributed by atoms with van der Waals surface area (Å²) < 4.78 is 1.78. The number of piperazine rings is 1. The molecule has 108 valence electrons. The normalized spacial score (nSPS) is 25.7. The molecular formula is C14H20N4O2. The Bertz CT molecular complexity index is 519. The minimum Gasteiger partial charge on any atom is -0.342 e. The van der Waals surface area contributed by atoms with Crippen LogP contribution in [0.2, 0.25) is 0 Å². The van der Waals surface area contributed by atoms with E-state index in [1.54, 1.807) is 29.6 Å². The molecule has 1 saturated carbocycles. The van der Waals surface area contributed by atoms with Crippen LogP contribution in [0.1, 0.15) is 26.7 Å². The number of amides is 2. The number of hydrogen-bond donors (Lipinski definition) is 1. The fourth-order valence-corrected chi connectivity index (χ4v) is 2.72. The molecule has 0 bridgehead atoms. The standard InChI is InChI=1S/C14H20N4O2/c1-14(2)13(20)16-11(10-4-5-10)12(19)18(14)9-8-17-7-3-6-15-17/h3,6-7,10-11H,4-5,8-9H2,1-2H3,(H,16,20). The van der Waals surface area contributed by atoms with Gasteiger partial charge in [-0.25, -0.2) is 0 Å². The van der Waals surface area contributed by atoms with Gasteiger partial charge in [0.1, 0.15) is 11.6 Å². The molecule has 1 atom stereocenters. The van der Waals surface area contributed by atoms with Crippen molar-refractivity contribution >= 4 is 11.8 Å². The molecular weight excluding hydrogens is 256 g/mol. The molecule has 1 N–H and O–H groups in total. The molecule has 0 spiro atoms. The Balaban J connectivity index is 1.76. The first kappa shape index (κ1) is 13.1. The van der Waals surface area contributed by atoms with E-state index in [1.165, 1.54) is 0 Å². The maximum atomic E-state index is 12.6. The summed E-state index contributed by atoms with van der Waals surface area (Å²) in [6.07, 6.45) is 5.64. The Morgan fingerprint density at radius 1 is 1.35 bits per heavy atom. The number of nitrogens with one attached hydrogen (secondary N) is 1. The molecule has 2 aliphatic rings. The molecule has 6 nitrogen and oxygen atoms in total. The van der Waals surface area contributed by atoms with Gasteiger partial charge in [-0.1, -0.05) is 0 Å². The first-order chi connectivity index (χ1) is 9.50. The smallest absolute Gasteiger partial charge is 0.246 e. The molecule has 2 heterocycles. The first-order valence-electron chi connectivity index (χ1n) is 7.10. The van der Waals surface area contributed by atoms with Crippen molar-refractivity contribution in [3.63, 3.8) is 0 Å². The average molecular weight is 276 g/mol. The molecule has 6 heteroatoms. The molecule has 1 aliphatic carbocycles. The van der Waals surface area contributed by atoms with Gasteiger partial charge in [0.25, 0.3) is 0 Å². The van der Waals surface area contributed by atoms with Crippen LogP contribution in [0.3, 0.4) is 0 Å². The number of rotatable bonds is 4. The maximum Gasteiger partial charge on any atom is 0.246 e. The van der Waals surface area contributed by atoms with Gasteiger partial charge in [0.05, 0.1) is 6.54 Å². The van der Waals surface area contributed by atoms with Crippen LogP contribution in [0.4, 0.5) is 0 Å². The van der Waals surface area contributed by atoms with Crippen LogP contribution >= 0.6 is 0 Å². The van der Waals surface area contributed by atoms with Crippen LogP contribution in [0.5, 0.6) is 0 Å². The third kappa shape index (κ3) is 2.19. The second kappa shape index (κ2) is 4.61. The summed E-state index contributed by atoms with van der Waals surface area (Å²) in [6.45, 7) is 4.70. The van der Waals surface area contributed by atoms with E-state index in [2.05, 4.69) is 10.4 Å². The van der Waals surface area contributed by atoms with Crippen LogP contribution in [0.25, 0.3) is 0 Å². The summed E-state index contributed by atoms with van der Waals surface area (Å²) in [5, 5.41) is 7.03. The molecule has 1 aliphatic heterocycles. The summed E-state index contributed by atoms with van der Waals surface area (Å²) in [5.74, 6) is 0.313. The minimum absolute atomic E-state index is 0.0456. The predicted molar refractivity (Wildman–Crippen MR) is 72.7 cm³/mol. The fraction of sp³-hybridized carbons (Fsp3) is 0.643. The lowest BCUT2D eigenvalue weighted by molar-refractivity contribution is -0.156. The number of nitrogens with zero attached hydrogens (tertiary/aromatic N) is 3. The van der Waals surface area contributed by atoms with Gasteiger partial charge in [0, 0.05) is 18.9 Å². The summed E-state index contributed by atoms with van der Waals surface area (Å²) in [5.41, 5.74) is -0.796. The molecule has 3 rings (SSSR count). The number of aromatic nitrogens is 2. The Morgan fingerprint density at radius 2 is 2.10 bits per heavy atom. The summed E-state index contributed by atoms with van der Waals surface area (Å²) in [7, 11) is 0. The molecule has 1 aromatic rings. The molecule has 0 radical (unpaired) electrons. The lowest BCUT2D eigenvalue weighted by atomic mass is 9.94. The Hall–Kier alpha value is -1.85. The van der Waals surface area contributed by atoms with Crippen molar-refractivity contribution in [2.45, 2.75) is 44.8 Å². The van der Waals surface area contributed by atoms with Crippen LogP contribution in [0.15, 0.2) is 18.5 Å². The van der Waals surface area contributed by atoms with Crippen LogP contribution in [-0.2, 0) is 16.1 Å². The first-order valence-corrected chi connectivity index (χ1v) is 7.10. The van der Waals surface area contributed by atoms with Crippen LogP contribution in [0, 0.1) is 5.92 Å². The number of hydrogen-bond acceptors (Lipinski definition) is 3. The van der Waals surface area contributed by atoms with Crippen molar-refractivity contribution in [2.75, 3.05) is 6.54 Å². The molecule has 1 saturated heterocycles. The third-order valence-electron chi connectivity index (χ3n) is 4.25. The quantitative estimate of drug-likeness (QED) is 0.865. The van der Waals surface area contributed by atoms with Gasteiger partial charge in [0.2, 0.25) is 11.8 Å². The van der Waals surface area contributed by atoms with E-state index in [1.807, 2.05) is 12.3 Å². The van der Waals surface area contributed by atoms with E-state index in [9.17, 15) is 9.59 Å². The highest BCUT2D eigenvalue weighted by atomic mass is 16.2. The molecule has 2 amide bonds. The second-order valence-electron chi connectivity index (χ2n) is 6.11. The number of carbonyl (C=O) groups is 2. The zero-order chi connectivity index (χ0) is 14.3. The largest absolute Gasteiger partial charge is 0.342 e. The highest BCUT2D eigenvalue weighted by Crippen LogP contribution is 2.36. The topological polar surface area (TPSA) is 67.2 Å². The number of carbonyl (C=O) groups excluding carboxylic acids is 2. The van der Waals surface area contributed by atoms with E-state index in [0.29, 0.717) is 19.0 Å². The molecule has 1 aromatic heterocycles. The third-order valence-corrected chi connectivity index (χ3v) is 4.25. The minimum atomic E-state index is -0.796. The molecule has 1 unspecified atom stereocenters. The SMILES string of the molecule is CC1(C)C(=O)NC(C2CC2)C(=O)N1CCn1cccn1. The highest BCUT2D eigenvalue weighted by molar-refractivity contribution is 5.99. The molecule has 2 fully saturated rings. The van der Waals surface area contributed by atoms with Crippen molar-refractivity contribution in [1.82, 2.24) is 20.0 Å². The van der Waals surface area contributed by atoms with E-state index in [0.717, 1.165) is 12.8 Å². The lowest BCUT2D eigenvalue weighted by Crippen LogP contribution is -2.69. The van der Waals surface area contributed by atoms with Crippen molar-refractivity contribution in [3.8, 4) is 0 Å². The van der Waals surface area contributed by atoms with E-state index >= 15 is 0 Å². The summed E-state index contributed by atoms with van der Waals surface area (Å²) in [4.78, 5) is 26.6. The monoisotopic (exact) mass is 276 g/mol. The van der Waals surface area contributed by atoms with Gasteiger partial charge in [-0.2, -0.15) is 5.10 Å². The average Bonchev–Trinajstić information content (AvgIpc) is 3.10. The lowest BCUT2D eigenvalue weighted by Gasteiger charge is -2.44. The van der Waals surface area contributed by atoms with Crippen molar-refractivity contribution in [1.29, 1.82) is 0 Å². The molecule has 20 heavy (non-hydrogen) atoms.